The summed E-state index contributed by atoms with van der Waals surface area (Å²) in [5, 5.41) is 11.9. The summed E-state index contributed by atoms with van der Waals surface area (Å²) in [7, 11) is 1.78. The molecular weight excluding hydrogens is 268 g/mol. The lowest BCUT2D eigenvalue weighted by molar-refractivity contribution is -0.139. The number of hydrogen-bond acceptors (Lipinski definition) is 2. The zero-order valence-electron chi connectivity index (χ0n) is 12.0. The molecule has 5 heteroatoms. The van der Waals surface area contributed by atoms with Crippen LogP contribution in [0.1, 0.15) is 21.7 Å². The Kier molecular flexibility index (Phi) is 4.42. The molecule has 0 radical (unpaired) electrons. The van der Waals surface area contributed by atoms with Gasteiger partial charge >= 0.3 is 5.97 Å². The van der Waals surface area contributed by atoms with Crippen LogP contribution in [0.2, 0.25) is 0 Å². The van der Waals surface area contributed by atoms with E-state index in [9.17, 15) is 14.7 Å². The fraction of sp³-hybridized carbons (Fsp3) is 0.250. The number of rotatable bonds is 5. The molecule has 21 heavy (non-hydrogen) atoms. The molecule has 1 aromatic heterocycles. The summed E-state index contributed by atoms with van der Waals surface area (Å²) < 4.78 is 1.73. The van der Waals surface area contributed by atoms with E-state index in [-0.39, 0.29) is 12.3 Å². The van der Waals surface area contributed by atoms with Gasteiger partial charge in [-0.1, -0.05) is 30.3 Å². The Bertz CT molecular complexity index is 647. The van der Waals surface area contributed by atoms with Gasteiger partial charge in [-0.2, -0.15) is 0 Å². The highest BCUT2D eigenvalue weighted by Crippen LogP contribution is 2.08. The van der Waals surface area contributed by atoms with Crippen molar-refractivity contribution in [3.8, 4) is 0 Å². The van der Waals surface area contributed by atoms with Crippen LogP contribution < -0.4 is 5.32 Å². The molecule has 0 aliphatic rings. The number of aliphatic carboxylic acids is 1. The third kappa shape index (κ3) is 3.51. The Labute approximate surface area is 123 Å². The molecule has 0 bridgehead atoms. The van der Waals surface area contributed by atoms with Crippen LogP contribution in [-0.2, 0) is 18.3 Å². The maximum atomic E-state index is 12.2. The lowest BCUT2D eigenvalue weighted by atomic mass is 10.1. The van der Waals surface area contributed by atoms with Crippen molar-refractivity contribution in [3.63, 3.8) is 0 Å². The Morgan fingerprint density at radius 3 is 2.38 bits per heavy atom. The molecule has 0 saturated heterocycles. The number of carboxylic acid groups (broad SMARTS) is 1. The van der Waals surface area contributed by atoms with Crippen molar-refractivity contribution in [3.05, 3.63) is 59.4 Å². The van der Waals surface area contributed by atoms with Gasteiger partial charge in [-0.25, -0.2) is 4.79 Å². The summed E-state index contributed by atoms with van der Waals surface area (Å²) in [6, 6.07) is 11.8. The van der Waals surface area contributed by atoms with Crippen molar-refractivity contribution in [2.45, 2.75) is 19.4 Å². The van der Waals surface area contributed by atoms with E-state index in [0.29, 0.717) is 5.69 Å². The van der Waals surface area contributed by atoms with Gasteiger partial charge < -0.3 is 15.0 Å². The third-order valence-corrected chi connectivity index (χ3v) is 3.49. The first-order valence-corrected chi connectivity index (χ1v) is 6.69. The minimum atomic E-state index is -1.04. The topological polar surface area (TPSA) is 71.3 Å². The van der Waals surface area contributed by atoms with Gasteiger partial charge in [0.25, 0.3) is 5.91 Å². The smallest absolute Gasteiger partial charge is 0.326 e. The largest absolute Gasteiger partial charge is 0.480 e. The van der Waals surface area contributed by atoms with Crippen molar-refractivity contribution in [1.29, 1.82) is 0 Å². The second-order valence-electron chi connectivity index (χ2n) is 4.97. The summed E-state index contributed by atoms with van der Waals surface area (Å²) >= 11 is 0. The second kappa shape index (κ2) is 6.26. The van der Waals surface area contributed by atoms with Crippen molar-refractivity contribution >= 4 is 11.9 Å². The van der Waals surface area contributed by atoms with Crippen LogP contribution in [-0.4, -0.2) is 27.6 Å². The van der Waals surface area contributed by atoms with Gasteiger partial charge in [0, 0.05) is 19.2 Å². The van der Waals surface area contributed by atoms with Crippen LogP contribution in [0.15, 0.2) is 42.5 Å². The summed E-state index contributed by atoms with van der Waals surface area (Å²) in [6.45, 7) is 1.88. The van der Waals surface area contributed by atoms with Crippen LogP contribution in [0, 0.1) is 6.92 Å². The van der Waals surface area contributed by atoms with Gasteiger partial charge in [0.1, 0.15) is 11.7 Å². The van der Waals surface area contributed by atoms with Crippen molar-refractivity contribution < 1.29 is 14.7 Å². The standard InChI is InChI=1S/C16H18N2O3/c1-11-8-9-14(18(11)2)15(19)17-13(16(20)21)10-12-6-4-3-5-7-12/h3-9,13H,10H2,1-2H3,(H,17,19)(H,20,21). The van der Waals surface area contributed by atoms with Gasteiger partial charge in [0.15, 0.2) is 0 Å². The lowest BCUT2D eigenvalue weighted by Gasteiger charge is -2.15. The number of benzene rings is 1. The minimum Gasteiger partial charge on any atom is -0.480 e. The van der Waals surface area contributed by atoms with Gasteiger partial charge in [-0.05, 0) is 24.6 Å². The third-order valence-electron chi connectivity index (χ3n) is 3.49. The first-order valence-electron chi connectivity index (χ1n) is 6.69. The van der Waals surface area contributed by atoms with E-state index in [2.05, 4.69) is 5.32 Å². The Morgan fingerprint density at radius 1 is 1.19 bits per heavy atom. The Morgan fingerprint density at radius 2 is 1.86 bits per heavy atom. The van der Waals surface area contributed by atoms with E-state index in [1.807, 2.05) is 43.3 Å². The summed E-state index contributed by atoms with van der Waals surface area (Å²) in [5.74, 6) is -1.42. The van der Waals surface area contributed by atoms with Crippen LogP contribution in [0.3, 0.4) is 0 Å². The molecular formula is C16H18N2O3. The minimum absolute atomic E-state index is 0.255. The predicted octanol–water partition coefficient (Wildman–Crippen LogP) is 1.76. The molecule has 5 nitrogen and oxygen atoms in total. The van der Waals surface area contributed by atoms with Crippen LogP contribution in [0.5, 0.6) is 0 Å². The summed E-state index contributed by atoms with van der Waals surface area (Å²) in [5.41, 5.74) is 2.26. The number of carbonyl (C=O) groups is 2. The first-order chi connectivity index (χ1) is 9.99. The first kappa shape index (κ1) is 14.8. The number of hydrogen-bond donors (Lipinski definition) is 2. The van der Waals surface area contributed by atoms with E-state index < -0.39 is 12.0 Å². The molecule has 2 N–H and O–H groups in total. The Balaban J connectivity index is 2.11. The average molecular weight is 286 g/mol. The van der Waals surface area contributed by atoms with E-state index in [0.717, 1.165) is 11.3 Å². The van der Waals surface area contributed by atoms with Gasteiger partial charge in [0.05, 0.1) is 0 Å². The van der Waals surface area contributed by atoms with Crippen molar-refractivity contribution in [2.75, 3.05) is 0 Å². The number of aryl methyl sites for hydroxylation is 1. The number of aromatic nitrogens is 1. The SMILES string of the molecule is Cc1ccc(C(=O)NC(Cc2ccccc2)C(=O)O)n1C. The highest BCUT2D eigenvalue weighted by atomic mass is 16.4. The Hall–Kier alpha value is -2.56. The number of amides is 1. The highest BCUT2D eigenvalue weighted by Gasteiger charge is 2.22. The molecule has 2 aromatic rings. The fourth-order valence-corrected chi connectivity index (χ4v) is 2.12. The zero-order valence-corrected chi connectivity index (χ0v) is 12.0. The van der Waals surface area contributed by atoms with Gasteiger partial charge in [0.2, 0.25) is 0 Å². The molecule has 110 valence electrons. The van der Waals surface area contributed by atoms with E-state index in [1.165, 1.54) is 0 Å². The molecule has 1 aromatic carbocycles. The maximum absolute atomic E-state index is 12.2. The molecule has 1 heterocycles. The van der Waals surface area contributed by atoms with Crippen LogP contribution in [0.25, 0.3) is 0 Å². The fourth-order valence-electron chi connectivity index (χ4n) is 2.12. The number of carbonyl (C=O) groups excluding carboxylic acids is 1. The van der Waals surface area contributed by atoms with Crippen LogP contribution in [0.4, 0.5) is 0 Å². The molecule has 2 rings (SSSR count). The van der Waals surface area contributed by atoms with Crippen molar-refractivity contribution in [2.24, 2.45) is 7.05 Å². The molecule has 1 amide bonds. The van der Waals surface area contributed by atoms with E-state index >= 15 is 0 Å². The van der Waals surface area contributed by atoms with Gasteiger partial charge in [-0.15, -0.1) is 0 Å². The quantitative estimate of drug-likeness (QED) is 0.879. The van der Waals surface area contributed by atoms with Crippen LogP contribution >= 0.6 is 0 Å². The number of nitrogens with one attached hydrogen (secondary N) is 1. The average Bonchev–Trinajstić information content (AvgIpc) is 2.79. The number of nitrogens with zero attached hydrogens (tertiary/aromatic N) is 1. The maximum Gasteiger partial charge on any atom is 0.326 e. The zero-order chi connectivity index (χ0) is 15.4. The monoisotopic (exact) mass is 286 g/mol. The lowest BCUT2D eigenvalue weighted by Crippen LogP contribution is -2.42. The molecule has 1 unspecified atom stereocenters. The van der Waals surface area contributed by atoms with E-state index in [4.69, 9.17) is 0 Å². The molecule has 0 fully saturated rings. The molecule has 0 aliphatic heterocycles. The summed E-state index contributed by atoms with van der Waals surface area (Å²) in [6.07, 6.45) is 0.255. The molecule has 0 aliphatic carbocycles. The van der Waals surface area contributed by atoms with Gasteiger partial charge in [-0.3, -0.25) is 4.79 Å². The van der Waals surface area contributed by atoms with Crippen molar-refractivity contribution in [1.82, 2.24) is 9.88 Å². The number of carboxylic acids is 1. The predicted molar refractivity (Wildman–Crippen MR) is 79.2 cm³/mol. The van der Waals surface area contributed by atoms with E-state index in [1.54, 1.807) is 17.7 Å². The molecule has 1 atom stereocenters. The normalized spacial score (nSPS) is 11.9. The summed E-state index contributed by atoms with van der Waals surface area (Å²) in [4.78, 5) is 23.5. The molecule has 0 spiro atoms. The molecule has 0 saturated carbocycles. The highest BCUT2D eigenvalue weighted by molar-refractivity contribution is 5.95. The second-order valence-corrected chi connectivity index (χ2v) is 4.97.